The molecule has 1 N–H and O–H groups in total. The van der Waals surface area contributed by atoms with Crippen molar-refractivity contribution in [2.45, 2.75) is 44.4 Å². The Morgan fingerprint density at radius 3 is 2.20 bits per heavy atom. The Hall–Kier alpha value is -2.34. The van der Waals surface area contributed by atoms with E-state index in [1.807, 2.05) is 24.3 Å². The average Bonchev–Trinajstić information content (AvgIpc) is 3.50. The zero-order chi connectivity index (χ0) is 21.6. The van der Waals surface area contributed by atoms with Crippen molar-refractivity contribution in [3.63, 3.8) is 0 Å². The Morgan fingerprint density at radius 1 is 1.00 bits per heavy atom. The highest BCUT2D eigenvalue weighted by Crippen LogP contribution is 2.49. The lowest BCUT2D eigenvalue weighted by Gasteiger charge is -2.29. The fourth-order valence-corrected chi connectivity index (χ4v) is 5.26. The number of nitrogens with one attached hydrogen (secondary N) is 1. The van der Waals surface area contributed by atoms with E-state index in [-0.39, 0.29) is 22.8 Å². The van der Waals surface area contributed by atoms with E-state index >= 15 is 0 Å². The molecule has 5 nitrogen and oxygen atoms in total. The maximum atomic E-state index is 13.1. The number of hydrogen-bond acceptors (Lipinski definition) is 4. The molecule has 1 aliphatic heterocycles. The van der Waals surface area contributed by atoms with Gasteiger partial charge >= 0.3 is 0 Å². The van der Waals surface area contributed by atoms with Crippen LogP contribution in [0.4, 0.5) is 11.4 Å². The van der Waals surface area contributed by atoms with Crippen LogP contribution in [0.3, 0.4) is 0 Å². The number of rotatable bonds is 4. The van der Waals surface area contributed by atoms with Crippen molar-refractivity contribution in [2.24, 2.45) is 0 Å². The molecule has 4 rings (SSSR count). The summed E-state index contributed by atoms with van der Waals surface area (Å²) in [5.74, 6) is 0.388. The normalized spacial score (nSPS) is 19.9. The van der Waals surface area contributed by atoms with E-state index in [0.29, 0.717) is 13.1 Å². The lowest BCUT2D eigenvalue weighted by molar-refractivity contribution is -0.118. The summed E-state index contributed by atoms with van der Waals surface area (Å²) in [5, 5.41) is 3.10. The van der Waals surface area contributed by atoms with Crippen LogP contribution >= 0.6 is 0 Å². The molecule has 0 spiro atoms. The highest BCUT2D eigenvalue weighted by atomic mass is 32.2. The summed E-state index contributed by atoms with van der Waals surface area (Å²) in [4.78, 5) is 15.2. The van der Waals surface area contributed by atoms with Gasteiger partial charge in [0.15, 0.2) is 9.84 Å². The van der Waals surface area contributed by atoms with Crippen LogP contribution in [0.5, 0.6) is 0 Å². The summed E-state index contributed by atoms with van der Waals surface area (Å²) in [6.07, 6.45) is 1.72. The van der Waals surface area contributed by atoms with Gasteiger partial charge < -0.3 is 10.2 Å². The lowest BCUT2D eigenvalue weighted by Crippen LogP contribution is -2.40. The number of hydrogen-bond donors (Lipinski definition) is 1. The van der Waals surface area contributed by atoms with Crippen LogP contribution in [0.2, 0.25) is 0 Å². The molecule has 2 fully saturated rings. The van der Waals surface area contributed by atoms with E-state index in [1.54, 1.807) is 0 Å². The molecule has 1 saturated heterocycles. The molecule has 0 bridgehead atoms. The van der Waals surface area contributed by atoms with Crippen molar-refractivity contribution in [2.75, 3.05) is 34.8 Å². The van der Waals surface area contributed by atoms with Crippen LogP contribution in [0, 0.1) is 0 Å². The second-order valence-electron chi connectivity index (χ2n) is 9.55. The minimum absolute atomic E-state index is 0.0318. The Kier molecular flexibility index (Phi) is 5.17. The summed E-state index contributed by atoms with van der Waals surface area (Å²) < 4.78 is 23.4. The molecule has 1 aliphatic carbocycles. The maximum Gasteiger partial charge on any atom is 0.235 e. The molecule has 0 atom stereocenters. The van der Waals surface area contributed by atoms with Crippen LogP contribution in [0.1, 0.15) is 44.7 Å². The van der Waals surface area contributed by atoms with Gasteiger partial charge in [0.05, 0.1) is 16.9 Å². The third kappa shape index (κ3) is 4.24. The molecule has 0 radical (unpaired) electrons. The number of carbonyl (C=O) groups excluding carboxylic acids is 1. The van der Waals surface area contributed by atoms with Crippen molar-refractivity contribution in [3.8, 4) is 0 Å². The molecule has 1 saturated carbocycles. The van der Waals surface area contributed by atoms with Crippen molar-refractivity contribution in [1.29, 1.82) is 0 Å². The average molecular weight is 427 g/mol. The molecular formula is C24H30N2O3S. The van der Waals surface area contributed by atoms with E-state index in [2.05, 4.69) is 55.3 Å². The summed E-state index contributed by atoms with van der Waals surface area (Å²) in [6, 6.07) is 16.2. The van der Waals surface area contributed by atoms with Gasteiger partial charge in [0, 0.05) is 24.5 Å². The molecule has 2 aromatic rings. The second kappa shape index (κ2) is 7.41. The summed E-state index contributed by atoms with van der Waals surface area (Å²) in [5.41, 5.74) is 3.69. The topological polar surface area (TPSA) is 66.5 Å². The maximum absolute atomic E-state index is 13.1. The highest BCUT2D eigenvalue weighted by molar-refractivity contribution is 7.91. The van der Waals surface area contributed by atoms with Crippen LogP contribution < -0.4 is 10.2 Å². The zero-order valence-electron chi connectivity index (χ0n) is 17.9. The third-order valence-corrected chi connectivity index (χ3v) is 7.91. The Morgan fingerprint density at radius 2 is 1.63 bits per heavy atom. The highest BCUT2D eigenvalue weighted by Gasteiger charge is 2.51. The summed E-state index contributed by atoms with van der Waals surface area (Å²) >= 11 is 0. The van der Waals surface area contributed by atoms with Crippen LogP contribution in [-0.4, -0.2) is 38.9 Å². The monoisotopic (exact) mass is 426 g/mol. The van der Waals surface area contributed by atoms with Crippen molar-refractivity contribution in [1.82, 2.24) is 0 Å². The van der Waals surface area contributed by atoms with Gasteiger partial charge in [-0.15, -0.1) is 0 Å². The van der Waals surface area contributed by atoms with E-state index in [0.717, 1.165) is 29.8 Å². The number of anilines is 2. The third-order valence-electron chi connectivity index (χ3n) is 6.30. The molecule has 1 amide bonds. The first kappa shape index (κ1) is 20.9. The number of carbonyl (C=O) groups is 1. The Labute approximate surface area is 179 Å². The molecule has 0 unspecified atom stereocenters. The molecule has 30 heavy (non-hydrogen) atoms. The Bertz CT molecular complexity index is 1030. The largest absolute Gasteiger partial charge is 0.369 e. The summed E-state index contributed by atoms with van der Waals surface area (Å²) in [6.45, 7) is 7.54. The van der Waals surface area contributed by atoms with Gasteiger partial charge in [-0.05, 0) is 47.6 Å². The molecule has 2 aliphatic rings. The molecule has 2 aromatic carbocycles. The van der Waals surface area contributed by atoms with Crippen LogP contribution in [-0.2, 0) is 25.5 Å². The van der Waals surface area contributed by atoms with E-state index in [9.17, 15) is 13.2 Å². The minimum atomic E-state index is -2.92. The molecule has 0 aromatic heterocycles. The molecule has 6 heteroatoms. The van der Waals surface area contributed by atoms with E-state index in [4.69, 9.17) is 0 Å². The van der Waals surface area contributed by atoms with Gasteiger partial charge in [0.25, 0.3) is 0 Å². The van der Waals surface area contributed by atoms with Gasteiger partial charge in [-0.2, -0.15) is 0 Å². The van der Waals surface area contributed by atoms with E-state index in [1.165, 1.54) is 5.56 Å². The van der Waals surface area contributed by atoms with Crippen molar-refractivity contribution >= 4 is 27.1 Å². The quantitative estimate of drug-likeness (QED) is 0.806. The standard InChI is InChI=1S/C24H30N2O3S/c1-23(2,3)18-7-9-19(10-8-18)24(11-12-24)22(27)25-20-5-4-6-21(17-20)26-13-15-30(28,29)16-14-26/h4-10,17H,11-16H2,1-3H3,(H,25,27). The van der Waals surface area contributed by atoms with Gasteiger partial charge in [-0.3, -0.25) is 4.79 Å². The molecule has 160 valence electrons. The van der Waals surface area contributed by atoms with Gasteiger partial charge in [-0.25, -0.2) is 8.42 Å². The second-order valence-corrected chi connectivity index (χ2v) is 11.9. The van der Waals surface area contributed by atoms with E-state index < -0.39 is 15.3 Å². The lowest BCUT2D eigenvalue weighted by atomic mass is 9.85. The molecule has 1 heterocycles. The van der Waals surface area contributed by atoms with Crippen LogP contribution in [0.25, 0.3) is 0 Å². The van der Waals surface area contributed by atoms with Gasteiger partial charge in [0.1, 0.15) is 0 Å². The fraction of sp³-hybridized carbons (Fsp3) is 0.458. The van der Waals surface area contributed by atoms with Gasteiger partial charge in [0.2, 0.25) is 5.91 Å². The first-order valence-electron chi connectivity index (χ1n) is 10.6. The predicted molar refractivity (Wildman–Crippen MR) is 122 cm³/mol. The number of amides is 1. The van der Waals surface area contributed by atoms with Crippen LogP contribution in [0.15, 0.2) is 48.5 Å². The Balaban J connectivity index is 1.48. The first-order valence-corrected chi connectivity index (χ1v) is 12.4. The SMILES string of the molecule is CC(C)(C)c1ccc(C2(C(=O)Nc3cccc(N4CCS(=O)(=O)CC4)c3)CC2)cc1. The smallest absolute Gasteiger partial charge is 0.235 e. The van der Waals surface area contributed by atoms with Crippen molar-refractivity contribution < 1.29 is 13.2 Å². The number of nitrogens with zero attached hydrogens (tertiary/aromatic N) is 1. The predicted octanol–water partition coefficient (Wildman–Crippen LogP) is 3.89. The fourth-order valence-electron chi connectivity index (χ4n) is 4.06. The number of benzene rings is 2. The van der Waals surface area contributed by atoms with Crippen molar-refractivity contribution in [3.05, 3.63) is 59.7 Å². The number of sulfone groups is 1. The van der Waals surface area contributed by atoms with Gasteiger partial charge in [-0.1, -0.05) is 51.1 Å². The molecular weight excluding hydrogens is 396 g/mol. The first-order chi connectivity index (χ1) is 14.1. The zero-order valence-corrected chi connectivity index (χ0v) is 18.8. The summed E-state index contributed by atoms with van der Waals surface area (Å²) in [7, 11) is -2.92. The minimum Gasteiger partial charge on any atom is -0.369 e.